The Hall–Kier alpha value is 0.200. The lowest BCUT2D eigenvalue weighted by Crippen LogP contribution is -2.29. The molecule has 5 heteroatoms. The van der Waals surface area contributed by atoms with Crippen molar-refractivity contribution in [3.8, 4) is 0 Å². The van der Waals surface area contributed by atoms with Gasteiger partial charge in [-0.2, -0.15) is 4.73 Å². The standard InChI is InChI=1S/C5HBr2ClNO/c6-4-2-1-3(8)5(7)9(4)10/h2H. The molecule has 0 aromatic carbocycles. The maximum atomic E-state index is 10.9. The Labute approximate surface area is 79.6 Å². The molecule has 53 valence electrons. The number of pyridine rings is 1. The van der Waals surface area contributed by atoms with Crippen molar-refractivity contribution < 1.29 is 4.73 Å². The minimum absolute atomic E-state index is 0.267. The third kappa shape index (κ3) is 1.44. The largest absolute Gasteiger partial charge is 0.617 e. The van der Waals surface area contributed by atoms with Gasteiger partial charge in [-0.05, 0) is 0 Å². The molecule has 0 fully saturated rings. The zero-order valence-corrected chi connectivity index (χ0v) is 8.49. The van der Waals surface area contributed by atoms with Crippen LogP contribution >= 0.6 is 43.5 Å². The molecule has 0 unspecified atom stereocenters. The van der Waals surface area contributed by atoms with E-state index in [1.165, 1.54) is 6.07 Å². The molecule has 0 N–H and O–H groups in total. The highest BCUT2D eigenvalue weighted by molar-refractivity contribution is 9.11. The summed E-state index contributed by atoms with van der Waals surface area (Å²) in [6.07, 6.45) is 0. The fourth-order valence-corrected chi connectivity index (χ4v) is 1.39. The summed E-state index contributed by atoms with van der Waals surface area (Å²) >= 11 is 11.5. The molecule has 0 aliphatic rings. The highest BCUT2D eigenvalue weighted by atomic mass is 79.9. The van der Waals surface area contributed by atoms with Crippen LogP contribution in [0.2, 0.25) is 5.02 Å². The van der Waals surface area contributed by atoms with Crippen LogP contribution in [0.3, 0.4) is 0 Å². The number of halogens is 3. The van der Waals surface area contributed by atoms with Crippen molar-refractivity contribution in [2.75, 3.05) is 0 Å². The minimum atomic E-state index is 0.267. The SMILES string of the molecule is [O-][n+]1c(Br)c[c]c(Cl)c1Br. The number of hydrogen-bond donors (Lipinski definition) is 0. The molecule has 0 bridgehead atoms. The van der Waals surface area contributed by atoms with Crippen molar-refractivity contribution in [2.45, 2.75) is 0 Å². The first-order chi connectivity index (χ1) is 4.63. The van der Waals surface area contributed by atoms with Crippen LogP contribution in [0.4, 0.5) is 0 Å². The monoisotopic (exact) mass is 284 g/mol. The predicted molar refractivity (Wildman–Crippen MR) is 44.6 cm³/mol. The Balaban J connectivity index is 3.34. The van der Waals surface area contributed by atoms with E-state index in [1.54, 1.807) is 0 Å². The van der Waals surface area contributed by atoms with Crippen molar-refractivity contribution in [3.05, 3.63) is 31.6 Å². The summed E-state index contributed by atoms with van der Waals surface area (Å²) in [4.78, 5) is 0. The van der Waals surface area contributed by atoms with Crippen LogP contribution in [-0.2, 0) is 0 Å². The van der Waals surface area contributed by atoms with Gasteiger partial charge >= 0.3 is 0 Å². The van der Waals surface area contributed by atoms with E-state index in [0.29, 0.717) is 9.33 Å². The number of nitrogens with zero attached hydrogens (tertiary/aromatic N) is 1. The first kappa shape index (κ1) is 8.30. The molecule has 1 aromatic rings. The van der Waals surface area contributed by atoms with E-state index in [1.807, 2.05) is 0 Å². The van der Waals surface area contributed by atoms with Crippen LogP contribution in [0.15, 0.2) is 15.3 Å². The molecule has 10 heavy (non-hydrogen) atoms. The zero-order chi connectivity index (χ0) is 7.72. The van der Waals surface area contributed by atoms with Gasteiger partial charge in [0.1, 0.15) is 5.02 Å². The van der Waals surface area contributed by atoms with Gasteiger partial charge in [0.2, 0.25) is 0 Å². The zero-order valence-electron chi connectivity index (χ0n) is 4.57. The van der Waals surface area contributed by atoms with Gasteiger partial charge in [-0.15, -0.1) is 0 Å². The highest BCUT2D eigenvalue weighted by Crippen LogP contribution is 2.19. The van der Waals surface area contributed by atoms with Gasteiger partial charge in [0, 0.05) is 44.0 Å². The van der Waals surface area contributed by atoms with Crippen LogP contribution in [0, 0.1) is 11.3 Å². The van der Waals surface area contributed by atoms with E-state index < -0.39 is 0 Å². The average Bonchev–Trinajstić information content (AvgIpc) is 1.93. The fraction of sp³-hybridized carbons (Fsp3) is 0. The number of rotatable bonds is 0. The number of hydrogen-bond acceptors (Lipinski definition) is 1. The van der Waals surface area contributed by atoms with Crippen LogP contribution in [0.5, 0.6) is 0 Å². The molecule has 1 aromatic heterocycles. The van der Waals surface area contributed by atoms with Crippen LogP contribution in [-0.4, -0.2) is 0 Å². The van der Waals surface area contributed by atoms with Crippen molar-refractivity contribution in [2.24, 2.45) is 0 Å². The van der Waals surface area contributed by atoms with Gasteiger partial charge in [-0.25, -0.2) is 0 Å². The Morgan fingerprint density at radius 3 is 2.70 bits per heavy atom. The van der Waals surface area contributed by atoms with Crippen molar-refractivity contribution >= 4 is 43.5 Å². The molecular weight excluding hydrogens is 285 g/mol. The lowest BCUT2D eigenvalue weighted by molar-refractivity contribution is -0.628. The second kappa shape index (κ2) is 3.07. The van der Waals surface area contributed by atoms with E-state index >= 15 is 0 Å². The van der Waals surface area contributed by atoms with E-state index in [0.717, 1.165) is 0 Å². The Kier molecular flexibility index (Phi) is 2.55. The van der Waals surface area contributed by atoms with E-state index in [-0.39, 0.29) is 9.63 Å². The first-order valence-corrected chi connectivity index (χ1v) is 4.24. The first-order valence-electron chi connectivity index (χ1n) is 2.27. The molecular formula is C5HBr2ClNO. The maximum Gasteiger partial charge on any atom is 0.279 e. The van der Waals surface area contributed by atoms with Gasteiger partial charge in [0.25, 0.3) is 9.21 Å². The molecule has 0 aliphatic carbocycles. The minimum Gasteiger partial charge on any atom is -0.617 e. The molecule has 1 heterocycles. The lowest BCUT2D eigenvalue weighted by atomic mass is 10.5. The quantitative estimate of drug-likeness (QED) is 0.408. The van der Waals surface area contributed by atoms with Gasteiger partial charge in [0.05, 0.1) is 0 Å². The van der Waals surface area contributed by atoms with E-state index in [4.69, 9.17) is 11.6 Å². The highest BCUT2D eigenvalue weighted by Gasteiger charge is 2.10. The molecule has 1 rings (SSSR count). The van der Waals surface area contributed by atoms with Crippen LogP contribution in [0.25, 0.3) is 0 Å². The summed E-state index contributed by atoms with van der Waals surface area (Å²) in [6.45, 7) is 0. The predicted octanol–water partition coefficient (Wildman–Crippen LogP) is 2.30. The molecule has 0 saturated heterocycles. The van der Waals surface area contributed by atoms with Gasteiger partial charge < -0.3 is 5.21 Å². The second-order valence-electron chi connectivity index (χ2n) is 1.51. The Morgan fingerprint density at radius 1 is 1.60 bits per heavy atom. The summed E-state index contributed by atoms with van der Waals surface area (Å²) in [5.74, 6) is 0. The summed E-state index contributed by atoms with van der Waals surface area (Å²) in [7, 11) is 0. The maximum absolute atomic E-state index is 10.9. The van der Waals surface area contributed by atoms with Crippen molar-refractivity contribution in [1.82, 2.24) is 0 Å². The molecule has 0 spiro atoms. The molecule has 0 atom stereocenters. The van der Waals surface area contributed by atoms with Crippen LogP contribution in [0.1, 0.15) is 0 Å². The molecule has 0 saturated carbocycles. The molecule has 1 radical (unpaired) electrons. The second-order valence-corrected chi connectivity index (χ2v) is 3.45. The number of aromatic nitrogens is 1. The fourth-order valence-electron chi connectivity index (χ4n) is 0.424. The Morgan fingerprint density at radius 2 is 2.20 bits per heavy atom. The normalized spacial score (nSPS) is 9.90. The van der Waals surface area contributed by atoms with E-state index in [2.05, 4.69) is 37.9 Å². The van der Waals surface area contributed by atoms with Gasteiger partial charge in [-0.3, -0.25) is 0 Å². The molecule has 0 amide bonds. The third-order valence-electron chi connectivity index (χ3n) is 0.871. The van der Waals surface area contributed by atoms with Crippen molar-refractivity contribution in [3.63, 3.8) is 0 Å². The third-order valence-corrected chi connectivity index (χ3v) is 2.66. The average molecular weight is 286 g/mol. The lowest BCUT2D eigenvalue weighted by Gasteiger charge is -2.00. The van der Waals surface area contributed by atoms with E-state index in [9.17, 15) is 5.21 Å². The van der Waals surface area contributed by atoms with Gasteiger partial charge in [-0.1, -0.05) is 11.6 Å². The smallest absolute Gasteiger partial charge is 0.279 e. The van der Waals surface area contributed by atoms with Crippen LogP contribution < -0.4 is 4.73 Å². The summed E-state index contributed by atoms with van der Waals surface area (Å²) in [5, 5.41) is 11.2. The Bertz CT molecular complexity index is 239. The van der Waals surface area contributed by atoms with Gasteiger partial charge in [0.15, 0.2) is 0 Å². The summed E-state index contributed by atoms with van der Waals surface area (Å²) in [6, 6.07) is 4.12. The van der Waals surface area contributed by atoms with Crippen molar-refractivity contribution in [1.29, 1.82) is 0 Å². The topological polar surface area (TPSA) is 26.9 Å². The molecule has 2 nitrogen and oxygen atoms in total. The summed E-state index contributed by atoms with van der Waals surface area (Å²) in [5.41, 5.74) is 0. The summed E-state index contributed by atoms with van der Waals surface area (Å²) < 4.78 is 1.27. The molecule has 0 aliphatic heterocycles.